The average molecular weight is 287 g/mol. The summed E-state index contributed by atoms with van der Waals surface area (Å²) in [6, 6.07) is 9.88. The summed E-state index contributed by atoms with van der Waals surface area (Å²) in [5.74, 6) is -0.0460. The molecule has 0 radical (unpaired) electrons. The summed E-state index contributed by atoms with van der Waals surface area (Å²) < 4.78 is 1.84. The van der Waals surface area contributed by atoms with Crippen LogP contribution in [-0.2, 0) is 6.42 Å². The van der Waals surface area contributed by atoms with Gasteiger partial charge in [-0.3, -0.25) is 4.79 Å². The molecule has 0 unspecified atom stereocenters. The van der Waals surface area contributed by atoms with Gasteiger partial charge in [-0.2, -0.15) is 5.10 Å². The van der Waals surface area contributed by atoms with Crippen LogP contribution in [-0.4, -0.2) is 42.9 Å². The number of carbonyl (C=O) groups excluding carboxylic acids is 1. The number of quaternary nitrogens is 1. The molecule has 0 aliphatic carbocycles. The molecule has 0 aliphatic heterocycles. The Morgan fingerprint density at radius 2 is 2.00 bits per heavy atom. The maximum atomic E-state index is 12.3. The van der Waals surface area contributed by atoms with E-state index >= 15 is 0 Å². The van der Waals surface area contributed by atoms with Crippen LogP contribution < -0.4 is 10.2 Å². The molecule has 5 heteroatoms. The number of benzene rings is 1. The number of amides is 1. The normalized spacial score (nSPS) is 10.9. The Morgan fingerprint density at radius 3 is 2.62 bits per heavy atom. The van der Waals surface area contributed by atoms with Gasteiger partial charge in [0.2, 0.25) is 0 Å². The van der Waals surface area contributed by atoms with E-state index in [0.29, 0.717) is 12.1 Å². The van der Waals surface area contributed by atoms with Gasteiger partial charge in [-0.15, -0.1) is 0 Å². The molecule has 1 heterocycles. The molecule has 2 aromatic rings. The molecular weight excluding hydrogens is 264 g/mol. The molecule has 1 aromatic carbocycles. The van der Waals surface area contributed by atoms with Crippen LogP contribution in [0.5, 0.6) is 0 Å². The highest BCUT2D eigenvalue weighted by atomic mass is 16.1. The minimum Gasteiger partial charge on any atom is -0.346 e. The Kier molecular flexibility index (Phi) is 5.11. The number of nitrogens with zero attached hydrogens (tertiary/aromatic N) is 2. The van der Waals surface area contributed by atoms with Gasteiger partial charge in [0.25, 0.3) is 5.91 Å². The van der Waals surface area contributed by atoms with Crippen LogP contribution in [0.25, 0.3) is 5.69 Å². The average Bonchev–Trinajstić information content (AvgIpc) is 2.91. The van der Waals surface area contributed by atoms with E-state index in [9.17, 15) is 4.79 Å². The Labute approximate surface area is 125 Å². The van der Waals surface area contributed by atoms with Crippen molar-refractivity contribution in [3.8, 4) is 5.69 Å². The molecule has 112 valence electrons. The molecule has 0 spiro atoms. The van der Waals surface area contributed by atoms with E-state index < -0.39 is 0 Å². The van der Waals surface area contributed by atoms with Crippen molar-refractivity contribution in [1.29, 1.82) is 0 Å². The Bertz CT molecular complexity index is 590. The summed E-state index contributed by atoms with van der Waals surface area (Å²) in [6.07, 6.45) is 2.42. The monoisotopic (exact) mass is 287 g/mol. The van der Waals surface area contributed by atoms with Crippen molar-refractivity contribution in [1.82, 2.24) is 15.1 Å². The second-order valence-corrected chi connectivity index (χ2v) is 5.32. The third kappa shape index (κ3) is 3.70. The van der Waals surface area contributed by atoms with Gasteiger partial charge in [0.15, 0.2) is 0 Å². The zero-order chi connectivity index (χ0) is 15.2. The molecule has 0 saturated carbocycles. The van der Waals surface area contributed by atoms with E-state index in [1.54, 1.807) is 6.20 Å². The summed E-state index contributed by atoms with van der Waals surface area (Å²) in [6.45, 7) is 3.61. The summed E-state index contributed by atoms with van der Waals surface area (Å²) in [5.41, 5.74) is 2.58. The number of hydrogen-bond acceptors (Lipinski definition) is 2. The first-order valence-electron chi connectivity index (χ1n) is 7.33. The molecule has 2 N–H and O–H groups in total. The third-order valence-electron chi connectivity index (χ3n) is 3.36. The number of aromatic nitrogens is 2. The van der Waals surface area contributed by atoms with Crippen LogP contribution in [0.2, 0.25) is 0 Å². The first-order chi connectivity index (χ1) is 10.1. The zero-order valence-corrected chi connectivity index (χ0v) is 12.9. The van der Waals surface area contributed by atoms with E-state index in [1.807, 2.05) is 41.9 Å². The molecule has 1 aromatic heterocycles. The topological polar surface area (TPSA) is 51.4 Å². The number of nitrogens with one attached hydrogen (secondary N) is 2. The second-order valence-electron chi connectivity index (χ2n) is 5.32. The molecule has 0 aliphatic rings. The standard InChI is InChI=1S/C16H22N4O/c1-4-15-14(16(21)17-10-11-19(2)3)12-18-20(15)13-8-6-5-7-9-13/h5-9,12H,4,10-11H2,1-3H3,(H,17,21)/p+1. The summed E-state index contributed by atoms with van der Waals surface area (Å²) in [5, 5.41) is 7.33. The molecule has 2 rings (SSSR count). The van der Waals surface area contributed by atoms with E-state index in [0.717, 1.165) is 24.3 Å². The summed E-state index contributed by atoms with van der Waals surface area (Å²) in [4.78, 5) is 13.6. The highest BCUT2D eigenvalue weighted by Gasteiger charge is 2.16. The van der Waals surface area contributed by atoms with Crippen molar-refractivity contribution in [2.24, 2.45) is 0 Å². The highest BCUT2D eigenvalue weighted by Crippen LogP contribution is 2.15. The van der Waals surface area contributed by atoms with E-state index in [2.05, 4.69) is 24.5 Å². The smallest absolute Gasteiger partial charge is 0.254 e. The second kappa shape index (κ2) is 7.04. The fraction of sp³-hybridized carbons (Fsp3) is 0.375. The lowest BCUT2D eigenvalue weighted by Gasteiger charge is -2.10. The van der Waals surface area contributed by atoms with Crippen LogP contribution >= 0.6 is 0 Å². The fourth-order valence-corrected chi connectivity index (χ4v) is 2.22. The largest absolute Gasteiger partial charge is 0.346 e. The van der Waals surface area contributed by atoms with Gasteiger partial charge in [-0.25, -0.2) is 4.68 Å². The van der Waals surface area contributed by atoms with E-state index in [1.165, 1.54) is 4.90 Å². The lowest BCUT2D eigenvalue weighted by atomic mass is 10.2. The van der Waals surface area contributed by atoms with Crippen LogP contribution in [0.3, 0.4) is 0 Å². The number of rotatable bonds is 6. The lowest BCUT2D eigenvalue weighted by molar-refractivity contribution is -0.856. The van der Waals surface area contributed by atoms with Crippen molar-refractivity contribution in [3.05, 3.63) is 47.8 Å². The van der Waals surface area contributed by atoms with Crippen LogP contribution in [0.4, 0.5) is 0 Å². The van der Waals surface area contributed by atoms with Crippen LogP contribution in [0, 0.1) is 0 Å². The first-order valence-corrected chi connectivity index (χ1v) is 7.33. The summed E-state index contributed by atoms with van der Waals surface area (Å²) in [7, 11) is 4.13. The van der Waals surface area contributed by atoms with Gasteiger partial charge in [0, 0.05) is 0 Å². The summed E-state index contributed by atoms with van der Waals surface area (Å²) >= 11 is 0. The van der Waals surface area contributed by atoms with Gasteiger partial charge in [-0.05, 0) is 18.6 Å². The maximum absolute atomic E-state index is 12.3. The van der Waals surface area contributed by atoms with Gasteiger partial charge < -0.3 is 10.2 Å². The molecule has 21 heavy (non-hydrogen) atoms. The van der Waals surface area contributed by atoms with Crippen molar-refractivity contribution >= 4 is 5.91 Å². The molecular formula is C16H23N4O+. The number of likely N-dealkylation sites (N-methyl/N-ethyl adjacent to an activating group) is 1. The molecule has 0 bridgehead atoms. The maximum Gasteiger partial charge on any atom is 0.254 e. The number of para-hydroxylation sites is 1. The quantitative estimate of drug-likeness (QED) is 0.803. The fourth-order valence-electron chi connectivity index (χ4n) is 2.22. The van der Waals surface area contributed by atoms with E-state index in [-0.39, 0.29) is 5.91 Å². The molecule has 0 fully saturated rings. The Hall–Kier alpha value is -2.14. The molecule has 0 saturated heterocycles. The first kappa shape index (κ1) is 15.3. The van der Waals surface area contributed by atoms with Gasteiger partial charge >= 0.3 is 0 Å². The van der Waals surface area contributed by atoms with Gasteiger partial charge in [0.1, 0.15) is 0 Å². The number of carbonyl (C=O) groups is 1. The van der Waals surface area contributed by atoms with Crippen molar-refractivity contribution < 1.29 is 9.69 Å². The number of hydrogen-bond donors (Lipinski definition) is 2. The lowest BCUT2D eigenvalue weighted by Crippen LogP contribution is -3.06. The minimum absolute atomic E-state index is 0.0460. The van der Waals surface area contributed by atoms with Gasteiger partial charge in [0.05, 0.1) is 50.3 Å². The SMILES string of the molecule is CCc1c(C(=O)NCC[NH+](C)C)cnn1-c1ccccc1. The third-order valence-corrected chi connectivity index (χ3v) is 3.36. The molecule has 0 atom stereocenters. The van der Waals surface area contributed by atoms with Crippen LogP contribution in [0.15, 0.2) is 36.5 Å². The van der Waals surface area contributed by atoms with Crippen molar-refractivity contribution in [3.63, 3.8) is 0 Å². The van der Waals surface area contributed by atoms with Crippen LogP contribution in [0.1, 0.15) is 23.0 Å². The predicted octanol–water partition coefficient (Wildman–Crippen LogP) is 0.309. The van der Waals surface area contributed by atoms with E-state index in [4.69, 9.17) is 0 Å². The molecule has 1 amide bonds. The predicted molar refractivity (Wildman–Crippen MR) is 83.0 cm³/mol. The minimum atomic E-state index is -0.0460. The van der Waals surface area contributed by atoms with Crippen molar-refractivity contribution in [2.45, 2.75) is 13.3 Å². The molecule has 5 nitrogen and oxygen atoms in total. The highest BCUT2D eigenvalue weighted by molar-refractivity contribution is 5.95. The van der Waals surface area contributed by atoms with Gasteiger partial charge in [-0.1, -0.05) is 25.1 Å². The van der Waals surface area contributed by atoms with Crippen molar-refractivity contribution in [2.75, 3.05) is 27.2 Å². The Morgan fingerprint density at radius 1 is 1.29 bits per heavy atom. The Balaban J connectivity index is 2.18. The zero-order valence-electron chi connectivity index (χ0n) is 12.9.